The molecule has 1 aromatic carbocycles. The van der Waals surface area contributed by atoms with Gasteiger partial charge in [-0.3, -0.25) is 4.79 Å². The number of carbonyl (C=O) groups is 1. The summed E-state index contributed by atoms with van der Waals surface area (Å²) in [7, 11) is 0. The third-order valence-electron chi connectivity index (χ3n) is 8.08. The number of nitrogens with one attached hydrogen (secondary N) is 1. The summed E-state index contributed by atoms with van der Waals surface area (Å²) >= 11 is 0. The molecule has 3 aliphatic rings. The number of aromatic nitrogens is 1. The van der Waals surface area contributed by atoms with Crippen LogP contribution in [0.3, 0.4) is 0 Å². The summed E-state index contributed by atoms with van der Waals surface area (Å²) in [5.41, 5.74) is 4.37. The van der Waals surface area contributed by atoms with Gasteiger partial charge in [0.25, 0.3) is 0 Å². The molecule has 0 saturated carbocycles. The molecule has 8 heteroatoms. The number of pyridine rings is 1. The van der Waals surface area contributed by atoms with Crippen LogP contribution in [0.15, 0.2) is 36.4 Å². The lowest BCUT2D eigenvalue weighted by atomic mass is 9.95. The fourth-order valence-electron chi connectivity index (χ4n) is 5.89. The van der Waals surface area contributed by atoms with E-state index in [9.17, 15) is 9.90 Å². The minimum Gasteiger partial charge on any atom is -0.481 e. The standard InChI is InChI=1S/C16H25N3.C16H23NO4/c1-2-11-19(12-3-1)13-5-7-15-9-8-14-6-4-10-17-16(14)18-15;1-16(2)11-17(6-7-21-16)14-5-3-4-12(8-14)13(10-18)9-15(19)20/h8-9H,1-7,10-13H2,(H,17,18);3-5,8,13,18H,6-7,9-11H2,1-2H3,(H,19,20). The molecule has 5 rings (SSSR count). The van der Waals surface area contributed by atoms with Crippen LogP contribution in [-0.2, 0) is 22.4 Å². The number of likely N-dealkylation sites (tertiary alicyclic amines) is 1. The van der Waals surface area contributed by atoms with Crippen molar-refractivity contribution in [3.63, 3.8) is 0 Å². The lowest BCUT2D eigenvalue weighted by molar-refractivity contribution is -0.137. The quantitative estimate of drug-likeness (QED) is 0.412. The number of ether oxygens (including phenoxy) is 1. The van der Waals surface area contributed by atoms with Gasteiger partial charge in [0.2, 0.25) is 0 Å². The van der Waals surface area contributed by atoms with Gasteiger partial charge in [0, 0.05) is 36.9 Å². The van der Waals surface area contributed by atoms with Crippen molar-refractivity contribution in [2.24, 2.45) is 0 Å². The minimum absolute atomic E-state index is 0.0610. The van der Waals surface area contributed by atoms with Crippen LogP contribution >= 0.6 is 0 Å². The summed E-state index contributed by atoms with van der Waals surface area (Å²) in [6.07, 6.45) is 8.93. The molecule has 8 nitrogen and oxygen atoms in total. The summed E-state index contributed by atoms with van der Waals surface area (Å²) in [5, 5.41) is 21.8. The zero-order valence-electron chi connectivity index (χ0n) is 24.4. The molecule has 0 aliphatic carbocycles. The van der Waals surface area contributed by atoms with E-state index in [0.29, 0.717) is 6.61 Å². The number of nitrogens with zero attached hydrogens (tertiary/aromatic N) is 3. The van der Waals surface area contributed by atoms with Crippen LogP contribution in [0.1, 0.15) is 75.1 Å². The van der Waals surface area contributed by atoms with Crippen LogP contribution in [-0.4, -0.2) is 84.1 Å². The number of hydrogen-bond donors (Lipinski definition) is 3. The van der Waals surface area contributed by atoms with Crippen molar-refractivity contribution < 1.29 is 19.7 Å². The molecule has 1 aromatic heterocycles. The van der Waals surface area contributed by atoms with Crippen molar-refractivity contribution in [2.45, 2.75) is 76.7 Å². The molecule has 220 valence electrons. The number of carboxylic acid groups (broad SMARTS) is 1. The topological polar surface area (TPSA) is 98.2 Å². The first-order valence-electron chi connectivity index (χ1n) is 15.1. The van der Waals surface area contributed by atoms with Gasteiger partial charge in [0.1, 0.15) is 5.82 Å². The predicted octanol–water partition coefficient (Wildman–Crippen LogP) is 4.71. The number of morpholine rings is 1. The highest BCUT2D eigenvalue weighted by Crippen LogP contribution is 2.27. The van der Waals surface area contributed by atoms with Gasteiger partial charge < -0.3 is 30.1 Å². The van der Waals surface area contributed by atoms with Crippen LogP contribution in [0, 0.1) is 0 Å². The van der Waals surface area contributed by atoms with Crippen LogP contribution in [0.25, 0.3) is 0 Å². The summed E-state index contributed by atoms with van der Waals surface area (Å²) in [6, 6.07) is 12.3. The van der Waals surface area contributed by atoms with Gasteiger partial charge in [-0.2, -0.15) is 0 Å². The normalized spacial score (nSPS) is 19.5. The Labute approximate surface area is 239 Å². The third-order valence-corrected chi connectivity index (χ3v) is 8.08. The first-order valence-corrected chi connectivity index (χ1v) is 15.1. The highest BCUT2D eigenvalue weighted by Gasteiger charge is 2.27. The van der Waals surface area contributed by atoms with Crippen molar-refractivity contribution >= 4 is 17.5 Å². The number of fused-ring (bicyclic) bond motifs is 1. The third kappa shape index (κ3) is 9.18. The average molecular weight is 553 g/mol. The number of anilines is 2. The first kappa shape index (κ1) is 30.3. The van der Waals surface area contributed by atoms with Crippen LogP contribution < -0.4 is 10.2 Å². The highest BCUT2D eigenvalue weighted by molar-refractivity contribution is 5.68. The van der Waals surface area contributed by atoms with E-state index >= 15 is 0 Å². The molecule has 2 saturated heterocycles. The van der Waals surface area contributed by atoms with Crippen molar-refractivity contribution in [1.29, 1.82) is 0 Å². The lowest BCUT2D eigenvalue weighted by Gasteiger charge is -2.39. The Hall–Kier alpha value is -2.68. The van der Waals surface area contributed by atoms with Gasteiger partial charge in [0.05, 0.1) is 25.2 Å². The maximum Gasteiger partial charge on any atom is 0.304 e. The molecular formula is C32H48N4O4. The van der Waals surface area contributed by atoms with Gasteiger partial charge in [0.15, 0.2) is 0 Å². The molecule has 1 unspecified atom stereocenters. The molecule has 3 aliphatic heterocycles. The number of carboxylic acids is 1. The molecule has 0 amide bonds. The maximum atomic E-state index is 10.9. The van der Waals surface area contributed by atoms with E-state index < -0.39 is 5.97 Å². The Morgan fingerprint density at radius 3 is 2.70 bits per heavy atom. The van der Waals surface area contributed by atoms with Crippen LogP contribution in [0.4, 0.5) is 11.5 Å². The van der Waals surface area contributed by atoms with Gasteiger partial charge in [-0.05, 0) is 101 Å². The molecule has 1 atom stereocenters. The van der Waals surface area contributed by atoms with Crippen molar-refractivity contribution in [3.8, 4) is 0 Å². The van der Waals surface area contributed by atoms with Gasteiger partial charge in [-0.1, -0.05) is 24.6 Å². The number of aliphatic hydroxyl groups excluding tert-OH is 1. The van der Waals surface area contributed by atoms with E-state index in [-0.39, 0.29) is 24.5 Å². The molecule has 3 N–H and O–H groups in total. The zero-order valence-corrected chi connectivity index (χ0v) is 24.4. The van der Waals surface area contributed by atoms with E-state index in [0.717, 1.165) is 43.1 Å². The van der Waals surface area contributed by atoms with E-state index in [1.54, 1.807) is 0 Å². The van der Waals surface area contributed by atoms with Crippen molar-refractivity contribution in [1.82, 2.24) is 9.88 Å². The van der Waals surface area contributed by atoms with E-state index in [2.05, 4.69) is 41.1 Å². The second-order valence-electron chi connectivity index (χ2n) is 11.9. The summed E-state index contributed by atoms with van der Waals surface area (Å²) < 4.78 is 5.71. The smallest absolute Gasteiger partial charge is 0.304 e. The molecule has 2 aromatic rings. The molecule has 40 heavy (non-hydrogen) atoms. The Morgan fingerprint density at radius 2 is 1.95 bits per heavy atom. The largest absolute Gasteiger partial charge is 0.481 e. The van der Waals surface area contributed by atoms with Crippen molar-refractivity contribution in [3.05, 3.63) is 53.2 Å². The van der Waals surface area contributed by atoms with Gasteiger partial charge >= 0.3 is 5.97 Å². The predicted molar refractivity (Wildman–Crippen MR) is 160 cm³/mol. The number of aliphatic hydroxyl groups is 1. The number of aliphatic carboxylic acids is 1. The molecule has 2 fully saturated rings. The minimum atomic E-state index is -0.896. The number of piperidine rings is 1. The summed E-state index contributed by atoms with van der Waals surface area (Å²) in [6.45, 7) is 11.2. The highest BCUT2D eigenvalue weighted by atomic mass is 16.5. The Morgan fingerprint density at radius 1 is 1.12 bits per heavy atom. The fraction of sp³-hybridized carbons (Fsp3) is 0.625. The Kier molecular flexibility index (Phi) is 11.2. The second-order valence-corrected chi connectivity index (χ2v) is 11.9. The molecular weight excluding hydrogens is 504 g/mol. The Bertz CT molecular complexity index is 1090. The van der Waals surface area contributed by atoms with Gasteiger partial charge in [-0.15, -0.1) is 0 Å². The van der Waals surface area contributed by atoms with Crippen LogP contribution in [0.2, 0.25) is 0 Å². The van der Waals surface area contributed by atoms with E-state index in [4.69, 9.17) is 14.8 Å². The monoisotopic (exact) mass is 552 g/mol. The fourth-order valence-corrected chi connectivity index (χ4v) is 5.89. The average Bonchev–Trinajstić information content (AvgIpc) is 2.96. The molecule has 0 radical (unpaired) electrons. The van der Waals surface area contributed by atoms with Gasteiger partial charge in [-0.25, -0.2) is 4.98 Å². The van der Waals surface area contributed by atoms with E-state index in [1.165, 1.54) is 69.4 Å². The van der Waals surface area contributed by atoms with Crippen molar-refractivity contribution in [2.75, 3.05) is 62.7 Å². The number of aryl methyl sites for hydroxylation is 2. The number of benzene rings is 1. The number of rotatable bonds is 9. The SMILES string of the molecule is CC1(C)CN(c2cccc(C(CO)CC(=O)O)c2)CCO1.c1cc2c(nc1CCCN1CCCCC1)NCCC2. The summed E-state index contributed by atoms with van der Waals surface area (Å²) in [5.74, 6) is -0.120. The number of hydrogen-bond acceptors (Lipinski definition) is 7. The second kappa shape index (κ2) is 14.8. The Balaban J connectivity index is 0.000000186. The summed E-state index contributed by atoms with van der Waals surface area (Å²) in [4.78, 5) is 20.5. The lowest BCUT2D eigenvalue weighted by Crippen LogP contribution is -2.48. The molecule has 0 bridgehead atoms. The van der Waals surface area contributed by atoms with E-state index in [1.807, 2.05) is 24.3 Å². The van der Waals surface area contributed by atoms with Crippen LogP contribution in [0.5, 0.6) is 0 Å². The first-order chi connectivity index (χ1) is 19.3. The zero-order chi connectivity index (χ0) is 28.4. The maximum absolute atomic E-state index is 10.9. The molecule has 0 spiro atoms. The molecule has 4 heterocycles.